The largest absolute Gasteiger partial charge is 0.497 e. The van der Waals surface area contributed by atoms with Crippen LogP contribution in [0.4, 0.5) is 0 Å². The molecule has 0 bridgehead atoms. The van der Waals surface area contributed by atoms with Crippen molar-refractivity contribution in [2.45, 2.75) is 24.9 Å². The van der Waals surface area contributed by atoms with Crippen LogP contribution in [0.2, 0.25) is 0 Å². The van der Waals surface area contributed by atoms with E-state index in [1.54, 1.807) is 7.11 Å². The van der Waals surface area contributed by atoms with Crippen LogP contribution in [0.1, 0.15) is 24.3 Å². The molecule has 1 aliphatic heterocycles. The maximum atomic E-state index is 11.9. The number of benzene rings is 1. The van der Waals surface area contributed by atoms with Crippen LogP contribution in [-0.4, -0.2) is 32.9 Å². The quantitative estimate of drug-likeness (QED) is 0.768. The highest BCUT2D eigenvalue weighted by Gasteiger charge is 2.33. The number of hydrogen-bond donors (Lipinski definition) is 0. The lowest BCUT2D eigenvalue weighted by Gasteiger charge is -2.21. The summed E-state index contributed by atoms with van der Waals surface area (Å²) < 4.78 is 15.6. The lowest BCUT2D eigenvalue weighted by molar-refractivity contribution is -0.145. The van der Waals surface area contributed by atoms with Crippen LogP contribution in [0.25, 0.3) is 0 Å². The Morgan fingerprint density at radius 3 is 2.56 bits per heavy atom. The number of carbonyl (C=O) groups excluding carboxylic acids is 1. The molecule has 1 heterocycles. The summed E-state index contributed by atoms with van der Waals surface area (Å²) in [7, 11) is 3.03. The lowest BCUT2D eigenvalue weighted by Crippen LogP contribution is -2.26. The van der Waals surface area contributed by atoms with E-state index < -0.39 is 0 Å². The first-order chi connectivity index (χ1) is 8.76. The van der Waals surface area contributed by atoms with Gasteiger partial charge in [-0.3, -0.25) is 4.79 Å². The van der Waals surface area contributed by atoms with E-state index in [2.05, 4.69) is 0 Å². The highest BCUT2D eigenvalue weighted by atomic mass is 16.5. The van der Waals surface area contributed by atoms with Crippen molar-refractivity contribution < 1.29 is 19.0 Å². The predicted molar refractivity (Wildman–Crippen MR) is 66.7 cm³/mol. The number of rotatable bonds is 4. The Kier molecular flexibility index (Phi) is 4.20. The molecule has 1 aromatic rings. The normalized spacial score (nSPS) is 20.4. The van der Waals surface area contributed by atoms with E-state index in [1.165, 1.54) is 7.11 Å². The first-order valence-corrected chi connectivity index (χ1v) is 6.09. The maximum absolute atomic E-state index is 11.9. The molecule has 4 nitrogen and oxygen atoms in total. The predicted octanol–water partition coefficient (Wildman–Crippen LogP) is 2.13. The highest BCUT2D eigenvalue weighted by molar-refractivity contribution is 5.79. The van der Waals surface area contributed by atoms with E-state index in [-0.39, 0.29) is 18.0 Å². The Bertz CT molecular complexity index is 393. The average Bonchev–Trinajstić information content (AvgIpc) is 2.93. The SMILES string of the molecule is COC(=O)C(c1ccc(OC)cc1)C1CCCO1. The molecular weight excluding hydrogens is 232 g/mol. The van der Waals surface area contributed by atoms with Gasteiger partial charge < -0.3 is 14.2 Å². The minimum atomic E-state index is -0.344. The third-order valence-electron chi connectivity index (χ3n) is 3.27. The molecule has 1 fully saturated rings. The van der Waals surface area contributed by atoms with Crippen molar-refractivity contribution in [2.24, 2.45) is 0 Å². The van der Waals surface area contributed by atoms with Gasteiger partial charge in [-0.1, -0.05) is 12.1 Å². The Morgan fingerprint density at radius 2 is 2.06 bits per heavy atom. The smallest absolute Gasteiger partial charge is 0.315 e. The minimum Gasteiger partial charge on any atom is -0.497 e. The van der Waals surface area contributed by atoms with Gasteiger partial charge in [0.15, 0.2) is 0 Å². The second-order valence-electron chi connectivity index (χ2n) is 4.33. The van der Waals surface area contributed by atoms with E-state index in [0.29, 0.717) is 6.61 Å². The molecule has 98 valence electrons. The molecule has 1 saturated heterocycles. The molecule has 0 spiro atoms. The summed E-state index contributed by atoms with van der Waals surface area (Å²) in [5.74, 6) is 0.185. The fourth-order valence-corrected chi connectivity index (χ4v) is 2.31. The zero-order valence-corrected chi connectivity index (χ0v) is 10.7. The van der Waals surface area contributed by atoms with Crippen molar-refractivity contribution in [3.05, 3.63) is 29.8 Å². The van der Waals surface area contributed by atoms with Gasteiger partial charge in [0.1, 0.15) is 11.7 Å². The summed E-state index contributed by atoms with van der Waals surface area (Å²) in [6.07, 6.45) is 1.81. The second-order valence-corrected chi connectivity index (χ2v) is 4.33. The molecule has 0 radical (unpaired) electrons. The zero-order chi connectivity index (χ0) is 13.0. The van der Waals surface area contributed by atoms with Crippen molar-refractivity contribution >= 4 is 5.97 Å². The van der Waals surface area contributed by atoms with Gasteiger partial charge >= 0.3 is 5.97 Å². The van der Waals surface area contributed by atoms with Gasteiger partial charge in [-0.2, -0.15) is 0 Å². The average molecular weight is 250 g/mol. The molecule has 0 amide bonds. The van der Waals surface area contributed by atoms with E-state index in [4.69, 9.17) is 14.2 Å². The van der Waals surface area contributed by atoms with Crippen LogP contribution in [0.15, 0.2) is 24.3 Å². The van der Waals surface area contributed by atoms with Gasteiger partial charge in [0, 0.05) is 6.61 Å². The van der Waals surface area contributed by atoms with E-state index in [9.17, 15) is 4.79 Å². The maximum Gasteiger partial charge on any atom is 0.315 e. The first kappa shape index (κ1) is 12.9. The van der Waals surface area contributed by atoms with E-state index in [1.807, 2.05) is 24.3 Å². The molecule has 0 saturated carbocycles. The van der Waals surface area contributed by atoms with Crippen LogP contribution < -0.4 is 4.74 Å². The van der Waals surface area contributed by atoms with Crippen molar-refractivity contribution in [3.8, 4) is 5.75 Å². The minimum absolute atomic E-state index is 0.0779. The molecule has 0 N–H and O–H groups in total. The molecule has 0 aromatic heterocycles. The van der Waals surface area contributed by atoms with Crippen molar-refractivity contribution in [1.29, 1.82) is 0 Å². The van der Waals surface area contributed by atoms with Crippen molar-refractivity contribution in [2.75, 3.05) is 20.8 Å². The van der Waals surface area contributed by atoms with Gasteiger partial charge in [0.2, 0.25) is 0 Å². The topological polar surface area (TPSA) is 44.8 Å². The molecule has 18 heavy (non-hydrogen) atoms. The number of carbonyl (C=O) groups is 1. The molecule has 2 rings (SSSR count). The third-order valence-corrected chi connectivity index (χ3v) is 3.27. The number of ether oxygens (including phenoxy) is 3. The van der Waals surface area contributed by atoms with Gasteiger partial charge in [0.05, 0.1) is 20.3 Å². The summed E-state index contributed by atoms with van der Waals surface area (Å²) in [5, 5.41) is 0. The van der Waals surface area contributed by atoms with Crippen molar-refractivity contribution in [3.63, 3.8) is 0 Å². The van der Waals surface area contributed by atoms with Gasteiger partial charge in [0.25, 0.3) is 0 Å². The summed E-state index contributed by atoms with van der Waals surface area (Å²) >= 11 is 0. The summed E-state index contributed by atoms with van der Waals surface area (Å²) in [4.78, 5) is 11.9. The van der Waals surface area contributed by atoms with Crippen LogP contribution in [0.3, 0.4) is 0 Å². The van der Waals surface area contributed by atoms with Crippen molar-refractivity contribution in [1.82, 2.24) is 0 Å². The highest BCUT2D eigenvalue weighted by Crippen LogP contribution is 2.31. The Hall–Kier alpha value is -1.55. The Morgan fingerprint density at radius 1 is 1.33 bits per heavy atom. The number of methoxy groups -OCH3 is 2. The molecule has 4 heteroatoms. The number of esters is 1. The molecular formula is C14H18O4. The van der Waals surface area contributed by atoms with Crippen LogP contribution in [0, 0.1) is 0 Å². The number of hydrogen-bond acceptors (Lipinski definition) is 4. The Balaban J connectivity index is 2.23. The van der Waals surface area contributed by atoms with Crippen LogP contribution >= 0.6 is 0 Å². The molecule has 2 atom stereocenters. The summed E-state index contributed by atoms with van der Waals surface area (Å²) in [5.41, 5.74) is 0.912. The lowest BCUT2D eigenvalue weighted by atomic mass is 9.92. The standard InChI is InChI=1S/C14H18O4/c1-16-11-7-5-10(6-8-11)13(14(15)17-2)12-4-3-9-18-12/h5-8,12-13H,3-4,9H2,1-2H3. The van der Waals surface area contributed by atoms with Gasteiger partial charge in [-0.05, 0) is 30.5 Å². The summed E-state index contributed by atoms with van der Waals surface area (Å²) in [6.45, 7) is 0.717. The fourth-order valence-electron chi connectivity index (χ4n) is 2.31. The fraction of sp³-hybridized carbons (Fsp3) is 0.500. The zero-order valence-electron chi connectivity index (χ0n) is 10.7. The third kappa shape index (κ3) is 2.64. The monoisotopic (exact) mass is 250 g/mol. The second kappa shape index (κ2) is 5.87. The summed E-state index contributed by atoms with van der Waals surface area (Å²) in [6, 6.07) is 7.48. The molecule has 1 aliphatic rings. The van der Waals surface area contributed by atoms with Gasteiger partial charge in [-0.15, -0.1) is 0 Å². The molecule has 2 unspecified atom stereocenters. The Labute approximate surface area is 107 Å². The van der Waals surface area contributed by atoms with Crippen LogP contribution in [-0.2, 0) is 14.3 Å². The first-order valence-electron chi connectivity index (χ1n) is 6.09. The molecule has 0 aliphatic carbocycles. The van der Waals surface area contributed by atoms with E-state index in [0.717, 1.165) is 24.2 Å². The van der Waals surface area contributed by atoms with E-state index >= 15 is 0 Å². The molecule has 1 aromatic carbocycles. The van der Waals surface area contributed by atoms with Crippen LogP contribution in [0.5, 0.6) is 5.75 Å². The van der Waals surface area contributed by atoms with Gasteiger partial charge in [-0.25, -0.2) is 0 Å².